The van der Waals surface area contributed by atoms with Crippen molar-refractivity contribution in [2.75, 3.05) is 19.8 Å². The molecule has 0 aromatic carbocycles. The maximum absolute atomic E-state index is 9.62. The smallest absolute Gasteiger partial charge is 0.0492 e. The summed E-state index contributed by atoms with van der Waals surface area (Å²) in [5.41, 5.74) is 0.0775. The Morgan fingerprint density at radius 1 is 1.31 bits per heavy atom. The standard InChI is InChI=1S/C13H20O2S/c1-2-11-3-4-12(16-11)9-13(10-14)5-7-15-8-6-13/h3-4,14H,2,5-10H2,1H3. The largest absolute Gasteiger partial charge is 0.396 e. The lowest BCUT2D eigenvalue weighted by Crippen LogP contribution is -2.34. The fourth-order valence-electron chi connectivity index (χ4n) is 2.27. The molecular formula is C13H20O2S. The number of aliphatic hydroxyl groups is 1. The first-order valence-electron chi connectivity index (χ1n) is 6.04. The molecule has 0 unspecified atom stereocenters. The van der Waals surface area contributed by atoms with Crippen molar-refractivity contribution in [3.05, 3.63) is 21.9 Å². The van der Waals surface area contributed by atoms with Crippen LogP contribution in [-0.4, -0.2) is 24.9 Å². The summed E-state index contributed by atoms with van der Waals surface area (Å²) in [5.74, 6) is 0. The van der Waals surface area contributed by atoms with Crippen LogP contribution in [0.3, 0.4) is 0 Å². The second-order valence-corrected chi connectivity index (χ2v) is 5.92. The minimum Gasteiger partial charge on any atom is -0.396 e. The monoisotopic (exact) mass is 240 g/mol. The molecule has 0 saturated carbocycles. The molecular weight excluding hydrogens is 220 g/mol. The molecule has 0 amide bonds. The molecule has 16 heavy (non-hydrogen) atoms. The van der Waals surface area contributed by atoms with Gasteiger partial charge in [0.2, 0.25) is 0 Å². The van der Waals surface area contributed by atoms with Crippen molar-refractivity contribution in [2.24, 2.45) is 5.41 Å². The van der Waals surface area contributed by atoms with Gasteiger partial charge in [0.25, 0.3) is 0 Å². The highest BCUT2D eigenvalue weighted by Crippen LogP contribution is 2.35. The van der Waals surface area contributed by atoms with E-state index < -0.39 is 0 Å². The molecule has 1 aromatic heterocycles. The summed E-state index contributed by atoms with van der Waals surface area (Å²) in [4.78, 5) is 2.85. The molecule has 90 valence electrons. The Morgan fingerprint density at radius 3 is 2.56 bits per heavy atom. The number of ether oxygens (including phenoxy) is 1. The third-order valence-corrected chi connectivity index (χ3v) is 4.73. The minimum atomic E-state index is 0.0775. The summed E-state index contributed by atoms with van der Waals surface area (Å²) in [6, 6.07) is 4.43. The van der Waals surface area contributed by atoms with Gasteiger partial charge in [-0.15, -0.1) is 11.3 Å². The highest BCUT2D eigenvalue weighted by Gasteiger charge is 2.32. The van der Waals surface area contributed by atoms with E-state index in [-0.39, 0.29) is 12.0 Å². The second-order valence-electron chi connectivity index (χ2n) is 4.67. The molecule has 1 aromatic rings. The highest BCUT2D eigenvalue weighted by atomic mass is 32.1. The van der Waals surface area contributed by atoms with E-state index in [9.17, 15) is 5.11 Å². The molecule has 0 radical (unpaired) electrons. The molecule has 1 fully saturated rings. The number of thiophene rings is 1. The zero-order chi connectivity index (χ0) is 11.4. The Balaban J connectivity index is 2.05. The van der Waals surface area contributed by atoms with Gasteiger partial charge in [0.1, 0.15) is 0 Å². The van der Waals surface area contributed by atoms with E-state index in [1.54, 1.807) is 0 Å². The molecule has 2 rings (SSSR count). The van der Waals surface area contributed by atoms with E-state index in [4.69, 9.17) is 4.74 Å². The van der Waals surface area contributed by atoms with Crippen molar-refractivity contribution < 1.29 is 9.84 Å². The molecule has 1 N–H and O–H groups in total. The van der Waals surface area contributed by atoms with Crippen LogP contribution in [0.5, 0.6) is 0 Å². The first kappa shape index (κ1) is 12.1. The summed E-state index contributed by atoms with van der Waals surface area (Å²) in [6.45, 7) is 4.07. The third kappa shape index (κ3) is 2.65. The lowest BCUT2D eigenvalue weighted by atomic mass is 9.78. The van der Waals surface area contributed by atoms with Crippen molar-refractivity contribution in [3.63, 3.8) is 0 Å². The summed E-state index contributed by atoms with van der Waals surface area (Å²) in [6.07, 6.45) is 4.10. The van der Waals surface area contributed by atoms with E-state index in [2.05, 4.69) is 19.1 Å². The van der Waals surface area contributed by atoms with Gasteiger partial charge < -0.3 is 9.84 Å². The van der Waals surface area contributed by atoms with Gasteiger partial charge in [-0.25, -0.2) is 0 Å². The first-order chi connectivity index (χ1) is 7.78. The maximum atomic E-state index is 9.62. The summed E-state index contributed by atoms with van der Waals surface area (Å²) in [7, 11) is 0. The zero-order valence-electron chi connectivity index (χ0n) is 9.87. The highest BCUT2D eigenvalue weighted by molar-refractivity contribution is 7.11. The van der Waals surface area contributed by atoms with Crippen molar-refractivity contribution >= 4 is 11.3 Å². The van der Waals surface area contributed by atoms with Crippen LogP contribution < -0.4 is 0 Å². The van der Waals surface area contributed by atoms with Crippen LogP contribution in [0.2, 0.25) is 0 Å². The van der Waals surface area contributed by atoms with Gasteiger partial charge >= 0.3 is 0 Å². The molecule has 0 bridgehead atoms. The molecule has 2 heterocycles. The van der Waals surface area contributed by atoms with Crippen molar-refractivity contribution in [1.29, 1.82) is 0 Å². The quantitative estimate of drug-likeness (QED) is 0.876. The molecule has 1 aliphatic heterocycles. The van der Waals surface area contributed by atoms with Gasteiger partial charge in [-0.05, 0) is 37.8 Å². The average Bonchev–Trinajstić information content (AvgIpc) is 2.78. The van der Waals surface area contributed by atoms with Crippen LogP contribution in [0.4, 0.5) is 0 Å². The Bertz CT molecular complexity index is 326. The number of aliphatic hydroxyl groups excluding tert-OH is 1. The Hall–Kier alpha value is -0.380. The van der Waals surface area contributed by atoms with Gasteiger partial charge in [0, 0.05) is 35.0 Å². The fourth-order valence-corrected chi connectivity index (χ4v) is 3.40. The normalized spacial score (nSPS) is 19.9. The molecule has 0 aliphatic carbocycles. The number of hydrogen-bond acceptors (Lipinski definition) is 3. The molecule has 0 spiro atoms. The van der Waals surface area contributed by atoms with Crippen LogP contribution in [0.1, 0.15) is 29.5 Å². The molecule has 2 nitrogen and oxygen atoms in total. The lowest BCUT2D eigenvalue weighted by molar-refractivity contribution is -0.0153. The Kier molecular flexibility index (Phi) is 4.00. The van der Waals surface area contributed by atoms with Gasteiger partial charge in [-0.3, -0.25) is 0 Å². The third-order valence-electron chi connectivity index (χ3n) is 3.50. The molecule has 1 saturated heterocycles. The van der Waals surface area contributed by atoms with E-state index >= 15 is 0 Å². The minimum absolute atomic E-state index is 0.0775. The Morgan fingerprint density at radius 2 is 2.00 bits per heavy atom. The number of hydrogen-bond donors (Lipinski definition) is 1. The van der Waals surface area contributed by atoms with Crippen molar-refractivity contribution in [1.82, 2.24) is 0 Å². The first-order valence-corrected chi connectivity index (χ1v) is 6.86. The number of aryl methyl sites for hydroxylation is 1. The lowest BCUT2D eigenvalue weighted by Gasteiger charge is -2.35. The molecule has 0 atom stereocenters. The maximum Gasteiger partial charge on any atom is 0.0492 e. The van der Waals surface area contributed by atoms with Crippen molar-refractivity contribution in [3.8, 4) is 0 Å². The van der Waals surface area contributed by atoms with Gasteiger partial charge in [-0.2, -0.15) is 0 Å². The molecule has 3 heteroatoms. The fraction of sp³-hybridized carbons (Fsp3) is 0.692. The summed E-state index contributed by atoms with van der Waals surface area (Å²) >= 11 is 1.89. The second kappa shape index (κ2) is 5.30. The van der Waals surface area contributed by atoms with Gasteiger partial charge in [0.05, 0.1) is 0 Å². The summed E-state index contributed by atoms with van der Waals surface area (Å²) in [5, 5.41) is 9.62. The Labute approximate surface area is 101 Å². The van der Waals surface area contributed by atoms with Crippen LogP contribution in [0.15, 0.2) is 12.1 Å². The van der Waals surface area contributed by atoms with Gasteiger partial charge in [-0.1, -0.05) is 6.92 Å². The zero-order valence-corrected chi connectivity index (χ0v) is 10.7. The van der Waals surface area contributed by atoms with Crippen LogP contribution in [0.25, 0.3) is 0 Å². The predicted molar refractivity (Wildman–Crippen MR) is 67.0 cm³/mol. The van der Waals surface area contributed by atoms with E-state index in [1.807, 2.05) is 11.3 Å². The topological polar surface area (TPSA) is 29.5 Å². The average molecular weight is 240 g/mol. The van der Waals surface area contributed by atoms with Crippen LogP contribution >= 0.6 is 11.3 Å². The molecule has 1 aliphatic rings. The van der Waals surface area contributed by atoms with E-state index in [0.717, 1.165) is 38.9 Å². The van der Waals surface area contributed by atoms with Crippen molar-refractivity contribution in [2.45, 2.75) is 32.6 Å². The van der Waals surface area contributed by atoms with E-state index in [0.29, 0.717) is 0 Å². The van der Waals surface area contributed by atoms with E-state index in [1.165, 1.54) is 9.75 Å². The van der Waals surface area contributed by atoms with Gasteiger partial charge in [0.15, 0.2) is 0 Å². The summed E-state index contributed by atoms with van der Waals surface area (Å²) < 4.78 is 5.38. The number of rotatable bonds is 4. The van der Waals surface area contributed by atoms with Crippen LogP contribution in [0, 0.1) is 5.41 Å². The van der Waals surface area contributed by atoms with Crippen LogP contribution in [-0.2, 0) is 17.6 Å². The SMILES string of the molecule is CCc1ccc(CC2(CO)CCOCC2)s1. The predicted octanol–water partition coefficient (Wildman–Crippen LogP) is 2.64.